The van der Waals surface area contributed by atoms with Gasteiger partial charge >= 0.3 is 80.3 Å². The summed E-state index contributed by atoms with van der Waals surface area (Å²) in [6.45, 7) is 0. The van der Waals surface area contributed by atoms with Crippen molar-refractivity contribution in [1.29, 1.82) is 0 Å². The van der Waals surface area contributed by atoms with E-state index in [1.54, 1.807) is 0 Å². The van der Waals surface area contributed by atoms with Crippen LogP contribution in [0.2, 0.25) is 0 Å². The van der Waals surface area contributed by atoms with Gasteiger partial charge in [0.05, 0.1) is 0 Å². The van der Waals surface area contributed by atoms with Crippen molar-refractivity contribution >= 4 is 0 Å². The summed E-state index contributed by atoms with van der Waals surface area (Å²) in [5, 5.41) is 0. The second-order valence-electron chi connectivity index (χ2n) is 0.238. The van der Waals surface area contributed by atoms with Crippen LogP contribution in [0.3, 0.4) is 0 Å². The van der Waals surface area contributed by atoms with Crippen LogP contribution in [0.15, 0.2) is 0 Å². The standard InChI is InChI=1S/Cr.K.H2O.2O.Ta.H/h;;1H2;;;;/q;+1;;;;+1;-1/p-1. The molecule has 0 aromatic rings. The Kier molecular flexibility index (Phi) is 27.5. The van der Waals surface area contributed by atoms with Crippen LogP contribution in [-0.2, 0) is 42.6 Å². The van der Waals surface area contributed by atoms with E-state index in [2.05, 4.69) is 0 Å². The Bertz CT molecular complexity index is 63.3. The van der Waals surface area contributed by atoms with Crippen LogP contribution in [0.25, 0.3) is 0 Å². The predicted octanol–water partition coefficient (Wildman–Crippen LogP) is -3.68. The minimum absolute atomic E-state index is 0. The van der Waals surface area contributed by atoms with E-state index in [0.29, 0.717) is 0 Å². The zero-order valence-electron chi connectivity index (χ0n) is 4.12. The molecule has 6 heteroatoms. The van der Waals surface area contributed by atoms with Crippen molar-refractivity contribution < 1.29 is 99.1 Å². The molecule has 6 heavy (non-hydrogen) atoms. The molecule has 32 valence electrons. The van der Waals surface area contributed by atoms with E-state index in [1.807, 2.05) is 0 Å². The SMILES string of the molecule is [Cr].[H-].[K+].[O]=[Ta](=[O])[OH]. The van der Waals surface area contributed by atoms with E-state index in [1.165, 1.54) is 0 Å². The summed E-state index contributed by atoms with van der Waals surface area (Å²) >= 11 is -4.09. The molecule has 1 N–H and O–H groups in total. The van der Waals surface area contributed by atoms with Gasteiger partial charge in [0.15, 0.2) is 0 Å². The van der Waals surface area contributed by atoms with Gasteiger partial charge < -0.3 is 1.43 Å². The van der Waals surface area contributed by atoms with E-state index in [-0.39, 0.29) is 70.2 Å². The van der Waals surface area contributed by atoms with Crippen LogP contribution in [-0.4, -0.2) is 3.61 Å². The van der Waals surface area contributed by atoms with Crippen LogP contribution >= 0.6 is 0 Å². The third-order valence-corrected chi connectivity index (χ3v) is 0. The molecule has 0 radical (unpaired) electrons. The van der Waals surface area contributed by atoms with Crippen LogP contribution < -0.4 is 51.4 Å². The van der Waals surface area contributed by atoms with E-state index < -0.39 is 18.8 Å². The van der Waals surface area contributed by atoms with Gasteiger partial charge in [-0.2, -0.15) is 0 Å². The Morgan fingerprint density at radius 1 is 1.50 bits per heavy atom. The molecule has 0 bridgehead atoms. The summed E-state index contributed by atoms with van der Waals surface area (Å²) in [7, 11) is 0. The van der Waals surface area contributed by atoms with Crippen molar-refractivity contribution in [1.82, 2.24) is 0 Å². The normalized spacial score (nSPS) is 4.17. The molecule has 0 saturated heterocycles. The topological polar surface area (TPSA) is 54.4 Å². The fraction of sp³-hybridized carbons (Fsp3) is 0. The molecular formula is H2CrKO3Ta. The molecule has 0 rings (SSSR count). The molecule has 0 aromatic heterocycles. The maximum absolute atomic E-state index is 8.73. The van der Waals surface area contributed by atoms with Crippen molar-refractivity contribution in [2.75, 3.05) is 0 Å². The van der Waals surface area contributed by atoms with Gasteiger partial charge in [-0.3, -0.25) is 0 Å². The second-order valence-corrected chi connectivity index (χ2v) is 1.95. The van der Waals surface area contributed by atoms with Gasteiger partial charge in [0.1, 0.15) is 0 Å². The fourth-order valence-electron chi connectivity index (χ4n) is 0. The third kappa shape index (κ3) is 31.7. The molecular weight excluding hydrogens is 320 g/mol. The van der Waals surface area contributed by atoms with Crippen molar-refractivity contribution in [3.05, 3.63) is 0 Å². The zero-order chi connectivity index (χ0) is 3.58. The molecule has 0 saturated carbocycles. The molecule has 0 aliphatic heterocycles. The fourth-order valence-corrected chi connectivity index (χ4v) is 0. The summed E-state index contributed by atoms with van der Waals surface area (Å²) in [6, 6.07) is 0. The van der Waals surface area contributed by atoms with Crippen LogP contribution in [0.4, 0.5) is 0 Å². The van der Waals surface area contributed by atoms with Crippen LogP contribution in [0.1, 0.15) is 1.43 Å². The van der Waals surface area contributed by atoms with Gasteiger partial charge in [0, 0.05) is 17.4 Å². The first-order valence-corrected chi connectivity index (χ1v) is 4.63. The van der Waals surface area contributed by atoms with Gasteiger partial charge in [-0.05, 0) is 0 Å². The Morgan fingerprint density at radius 2 is 1.50 bits per heavy atom. The molecule has 0 aromatic carbocycles. The second kappa shape index (κ2) is 10.5. The van der Waals surface area contributed by atoms with Crippen LogP contribution in [0.5, 0.6) is 0 Å². The Hall–Kier alpha value is 2.47. The predicted molar refractivity (Wildman–Crippen MR) is 4.70 cm³/mol. The summed E-state index contributed by atoms with van der Waals surface area (Å²) in [4.78, 5) is 0. The molecule has 3 nitrogen and oxygen atoms in total. The van der Waals surface area contributed by atoms with Gasteiger partial charge in [0.2, 0.25) is 0 Å². The summed E-state index contributed by atoms with van der Waals surface area (Å²) in [6.07, 6.45) is 0. The average Bonchev–Trinajstić information content (AvgIpc) is 0.811. The number of hydrogen-bond acceptors (Lipinski definition) is 2. The first-order valence-electron chi connectivity index (χ1n) is 0.565. The van der Waals surface area contributed by atoms with Crippen molar-refractivity contribution in [2.24, 2.45) is 0 Å². The van der Waals surface area contributed by atoms with Crippen molar-refractivity contribution in [2.45, 2.75) is 0 Å². The molecule has 0 aliphatic rings. The van der Waals surface area contributed by atoms with E-state index in [4.69, 9.17) is 10.1 Å². The van der Waals surface area contributed by atoms with Gasteiger partial charge in [-0.1, -0.05) is 0 Å². The molecule has 0 unspecified atom stereocenters. The molecule has 0 aliphatic carbocycles. The summed E-state index contributed by atoms with van der Waals surface area (Å²) in [5.41, 5.74) is 0. The number of hydrogen-bond donors (Lipinski definition) is 1. The molecule has 0 heterocycles. The van der Waals surface area contributed by atoms with Crippen LogP contribution in [0, 0.1) is 0 Å². The Labute approximate surface area is 96.8 Å². The van der Waals surface area contributed by atoms with Crippen molar-refractivity contribution in [3.63, 3.8) is 0 Å². The number of rotatable bonds is 0. The summed E-state index contributed by atoms with van der Waals surface area (Å²) < 4.78 is 24.6. The van der Waals surface area contributed by atoms with Crippen molar-refractivity contribution in [3.8, 4) is 0 Å². The zero-order valence-corrected chi connectivity index (χ0v) is 10.7. The maximum atomic E-state index is 8.73. The molecule has 0 atom stereocenters. The van der Waals surface area contributed by atoms with E-state index >= 15 is 0 Å². The Morgan fingerprint density at radius 3 is 1.50 bits per heavy atom. The molecule has 0 amide bonds. The molecule has 0 spiro atoms. The van der Waals surface area contributed by atoms with Gasteiger partial charge in [0.25, 0.3) is 0 Å². The van der Waals surface area contributed by atoms with E-state index in [9.17, 15) is 0 Å². The van der Waals surface area contributed by atoms with Gasteiger partial charge in [-0.15, -0.1) is 0 Å². The average molecular weight is 322 g/mol. The summed E-state index contributed by atoms with van der Waals surface area (Å²) in [5.74, 6) is 0. The van der Waals surface area contributed by atoms with Gasteiger partial charge in [-0.25, -0.2) is 0 Å². The minimum atomic E-state index is -4.09. The first-order chi connectivity index (χ1) is 1.73. The molecule has 0 fully saturated rings. The quantitative estimate of drug-likeness (QED) is 0.468. The third-order valence-electron chi connectivity index (χ3n) is 0. The Balaban J connectivity index is -0.0000000150. The first kappa shape index (κ1) is 15.8. The van der Waals surface area contributed by atoms with E-state index in [0.717, 1.165) is 0 Å². The monoisotopic (exact) mass is 322 g/mol.